The average molecular weight is 255 g/mol. The number of anilines is 1. The fraction of sp³-hybridized carbons (Fsp3) is 0. The lowest BCUT2D eigenvalue weighted by atomic mass is 10.2. The van der Waals surface area contributed by atoms with Gasteiger partial charge in [-0.1, -0.05) is 6.07 Å². The lowest BCUT2D eigenvalue weighted by Crippen LogP contribution is -2.03. The highest BCUT2D eigenvalue weighted by molar-refractivity contribution is 5.89. The molecule has 3 N–H and O–H groups in total. The van der Waals surface area contributed by atoms with Gasteiger partial charge in [-0.05, 0) is 24.3 Å². The van der Waals surface area contributed by atoms with E-state index in [1.54, 1.807) is 18.3 Å². The maximum Gasteiger partial charge on any atom is 0.335 e. The maximum absolute atomic E-state index is 10.9. The molecule has 0 fully saturated rings. The Bertz CT molecular complexity index is 766. The summed E-state index contributed by atoms with van der Waals surface area (Å²) in [5.41, 5.74) is 6.81. The molecule has 19 heavy (non-hydrogen) atoms. The van der Waals surface area contributed by atoms with Gasteiger partial charge in [-0.3, -0.25) is 4.98 Å². The maximum atomic E-state index is 10.9. The molecule has 94 valence electrons. The minimum atomic E-state index is -1.06. The van der Waals surface area contributed by atoms with Gasteiger partial charge in [0.1, 0.15) is 11.5 Å². The third kappa shape index (κ3) is 1.86. The van der Waals surface area contributed by atoms with E-state index < -0.39 is 5.97 Å². The van der Waals surface area contributed by atoms with Gasteiger partial charge >= 0.3 is 5.97 Å². The van der Waals surface area contributed by atoms with Gasteiger partial charge in [0.15, 0.2) is 5.65 Å². The topological polar surface area (TPSA) is 106 Å². The van der Waals surface area contributed by atoms with Gasteiger partial charge < -0.3 is 10.8 Å². The summed E-state index contributed by atoms with van der Waals surface area (Å²) in [5, 5.41) is 13.2. The minimum Gasteiger partial charge on any atom is -0.478 e. The van der Waals surface area contributed by atoms with Crippen LogP contribution in [0.5, 0.6) is 0 Å². The van der Waals surface area contributed by atoms with Crippen molar-refractivity contribution in [3.8, 4) is 11.5 Å². The number of carboxylic acid groups (broad SMARTS) is 1. The number of hydrogen-bond acceptors (Lipinski definition) is 5. The monoisotopic (exact) mass is 255 g/mol. The first-order valence-corrected chi connectivity index (χ1v) is 5.46. The molecule has 0 bridgehead atoms. The lowest BCUT2D eigenvalue weighted by Gasteiger charge is -1.99. The summed E-state index contributed by atoms with van der Waals surface area (Å²) in [4.78, 5) is 19.3. The van der Waals surface area contributed by atoms with E-state index in [0.29, 0.717) is 17.2 Å². The smallest absolute Gasteiger partial charge is 0.335 e. The van der Waals surface area contributed by atoms with Crippen LogP contribution in [0.4, 0.5) is 5.82 Å². The van der Waals surface area contributed by atoms with Crippen molar-refractivity contribution in [2.75, 3.05) is 5.73 Å². The minimum absolute atomic E-state index is 0.0740. The van der Waals surface area contributed by atoms with E-state index in [9.17, 15) is 4.79 Å². The molecule has 3 aromatic heterocycles. The van der Waals surface area contributed by atoms with Gasteiger partial charge in [0, 0.05) is 6.20 Å². The second-order valence-electron chi connectivity index (χ2n) is 3.89. The number of pyridine rings is 2. The number of carbonyl (C=O) groups is 1. The number of carboxylic acids is 1. The molecule has 0 saturated carbocycles. The highest BCUT2D eigenvalue weighted by Gasteiger charge is 2.12. The van der Waals surface area contributed by atoms with E-state index in [0.717, 1.165) is 0 Å². The van der Waals surface area contributed by atoms with Gasteiger partial charge in [0.05, 0.1) is 5.56 Å². The number of rotatable bonds is 2. The van der Waals surface area contributed by atoms with Crippen LogP contribution >= 0.6 is 0 Å². The van der Waals surface area contributed by atoms with Crippen molar-refractivity contribution in [1.82, 2.24) is 19.6 Å². The first-order valence-electron chi connectivity index (χ1n) is 5.46. The predicted molar refractivity (Wildman–Crippen MR) is 67.6 cm³/mol. The number of aromatic nitrogens is 4. The molecule has 0 aliphatic rings. The van der Waals surface area contributed by atoms with Crippen molar-refractivity contribution in [2.24, 2.45) is 0 Å². The van der Waals surface area contributed by atoms with E-state index in [-0.39, 0.29) is 11.4 Å². The molecule has 0 spiro atoms. The van der Waals surface area contributed by atoms with Gasteiger partial charge in [-0.2, -0.15) is 4.52 Å². The normalized spacial score (nSPS) is 10.7. The summed E-state index contributed by atoms with van der Waals surface area (Å²) >= 11 is 0. The van der Waals surface area contributed by atoms with Crippen molar-refractivity contribution in [3.05, 3.63) is 42.1 Å². The van der Waals surface area contributed by atoms with Gasteiger partial charge in [0.25, 0.3) is 0 Å². The van der Waals surface area contributed by atoms with Crippen LogP contribution in [0.15, 0.2) is 36.5 Å². The van der Waals surface area contributed by atoms with Gasteiger partial charge in [0.2, 0.25) is 5.82 Å². The summed E-state index contributed by atoms with van der Waals surface area (Å²) in [6.07, 6.45) is 1.63. The largest absolute Gasteiger partial charge is 0.478 e. The standard InChI is InChI=1S/C12H9N5O2/c13-9-5-7(12(18)19)6-10-15-11(16-17(9)10)8-3-1-2-4-14-8/h1-6H,13H2,(H,18,19). The summed E-state index contributed by atoms with van der Waals surface area (Å²) in [7, 11) is 0. The Kier molecular flexibility index (Phi) is 2.38. The van der Waals surface area contributed by atoms with Crippen LogP contribution in [0.1, 0.15) is 10.4 Å². The third-order valence-electron chi connectivity index (χ3n) is 2.61. The molecule has 0 atom stereocenters. The Morgan fingerprint density at radius 3 is 2.84 bits per heavy atom. The summed E-state index contributed by atoms with van der Waals surface area (Å²) in [6, 6.07) is 8.13. The van der Waals surface area contributed by atoms with Gasteiger partial charge in [-0.25, -0.2) is 9.78 Å². The Morgan fingerprint density at radius 2 is 2.16 bits per heavy atom. The van der Waals surface area contributed by atoms with Crippen LogP contribution < -0.4 is 5.73 Å². The van der Waals surface area contributed by atoms with Crippen molar-refractivity contribution in [2.45, 2.75) is 0 Å². The van der Waals surface area contributed by atoms with Crippen molar-refractivity contribution in [3.63, 3.8) is 0 Å². The molecule has 3 rings (SSSR count). The van der Waals surface area contributed by atoms with Gasteiger partial charge in [-0.15, -0.1) is 5.10 Å². The van der Waals surface area contributed by atoms with E-state index in [2.05, 4.69) is 15.1 Å². The van der Waals surface area contributed by atoms with Crippen LogP contribution in [0.2, 0.25) is 0 Å². The predicted octanol–water partition coefficient (Wildman–Crippen LogP) is 1.07. The molecule has 7 heteroatoms. The van der Waals surface area contributed by atoms with E-state index in [1.807, 2.05) is 6.07 Å². The molecule has 0 amide bonds. The van der Waals surface area contributed by atoms with Crippen LogP contribution in [-0.2, 0) is 0 Å². The fourth-order valence-corrected chi connectivity index (χ4v) is 1.74. The molecule has 0 aliphatic carbocycles. The van der Waals surface area contributed by atoms with Crippen molar-refractivity contribution >= 4 is 17.4 Å². The molecule has 0 aliphatic heterocycles. The molecule has 7 nitrogen and oxygen atoms in total. The fourth-order valence-electron chi connectivity index (χ4n) is 1.74. The first kappa shape index (κ1) is 11.1. The molecular weight excluding hydrogens is 246 g/mol. The van der Waals surface area contributed by atoms with Crippen LogP contribution in [0.25, 0.3) is 17.2 Å². The van der Waals surface area contributed by atoms with E-state index in [1.165, 1.54) is 16.6 Å². The summed E-state index contributed by atoms with van der Waals surface area (Å²) in [5.74, 6) is -0.448. The number of aromatic carboxylic acids is 1. The summed E-state index contributed by atoms with van der Waals surface area (Å²) < 4.78 is 1.39. The number of nitrogens with two attached hydrogens (primary N) is 1. The summed E-state index contributed by atoms with van der Waals surface area (Å²) in [6.45, 7) is 0. The van der Waals surface area contributed by atoms with Crippen molar-refractivity contribution in [1.29, 1.82) is 0 Å². The third-order valence-corrected chi connectivity index (χ3v) is 2.61. The quantitative estimate of drug-likeness (QED) is 0.709. The van der Waals surface area contributed by atoms with Crippen LogP contribution in [0.3, 0.4) is 0 Å². The molecule has 3 heterocycles. The molecule has 0 saturated heterocycles. The van der Waals surface area contributed by atoms with E-state index in [4.69, 9.17) is 10.8 Å². The second kappa shape index (κ2) is 4.05. The zero-order valence-corrected chi connectivity index (χ0v) is 9.69. The zero-order chi connectivity index (χ0) is 13.4. The van der Waals surface area contributed by atoms with Crippen LogP contribution in [0, 0.1) is 0 Å². The highest BCUT2D eigenvalue weighted by Crippen LogP contribution is 2.17. The number of fused-ring (bicyclic) bond motifs is 1. The SMILES string of the molecule is Nc1cc(C(=O)O)cc2nc(-c3ccccn3)nn12. The highest BCUT2D eigenvalue weighted by atomic mass is 16.4. The lowest BCUT2D eigenvalue weighted by molar-refractivity contribution is 0.0697. The molecule has 0 radical (unpaired) electrons. The number of nitrogens with zero attached hydrogens (tertiary/aromatic N) is 4. The Balaban J connectivity index is 2.21. The molecule has 0 aromatic carbocycles. The average Bonchev–Trinajstić information content (AvgIpc) is 2.84. The van der Waals surface area contributed by atoms with Crippen molar-refractivity contribution < 1.29 is 9.90 Å². The molecule has 0 unspecified atom stereocenters. The Hall–Kier alpha value is -2.96. The zero-order valence-electron chi connectivity index (χ0n) is 9.69. The molecular formula is C12H9N5O2. The van der Waals surface area contributed by atoms with Crippen LogP contribution in [-0.4, -0.2) is 30.7 Å². The Labute approximate surface area is 107 Å². The first-order chi connectivity index (χ1) is 9.15. The molecule has 3 aromatic rings. The Morgan fingerprint density at radius 1 is 1.32 bits per heavy atom. The second-order valence-corrected chi connectivity index (χ2v) is 3.89. The number of nitrogen functional groups attached to an aromatic ring is 1. The van der Waals surface area contributed by atoms with E-state index >= 15 is 0 Å². The number of hydrogen-bond donors (Lipinski definition) is 2.